The molecule has 0 unspecified atom stereocenters. The van der Waals surface area contributed by atoms with E-state index in [0.717, 1.165) is 10.4 Å². The van der Waals surface area contributed by atoms with Crippen molar-refractivity contribution in [3.8, 4) is 23.8 Å². The summed E-state index contributed by atoms with van der Waals surface area (Å²) in [4.78, 5) is 19.5. The number of ether oxygens (including phenoxy) is 2. The second kappa shape index (κ2) is 9.72. The molecule has 0 bridgehead atoms. The minimum absolute atomic E-state index is 0.234. The van der Waals surface area contributed by atoms with Crippen LogP contribution in [0, 0.1) is 18.2 Å². The van der Waals surface area contributed by atoms with Crippen LogP contribution in [0.25, 0.3) is 6.08 Å². The molecule has 3 aromatic rings. The van der Waals surface area contributed by atoms with Crippen molar-refractivity contribution in [2.45, 2.75) is 6.54 Å². The monoisotopic (exact) mass is 422 g/mol. The lowest BCUT2D eigenvalue weighted by Crippen LogP contribution is -2.28. The molecule has 0 aliphatic carbocycles. The standard InChI is InChI=1S/C23H19FN2O3S/c1-4-22-25-14-21(30-22)9-10-23(27)26(15-16-5-7-17(24)8-6-16)18-11-19(28-2)13-20(12-18)29-3/h1,5-14H,15H2,2-3H3/b10-9+. The second-order valence-corrected chi connectivity index (χ2v) is 7.23. The lowest BCUT2D eigenvalue weighted by Gasteiger charge is -2.23. The molecule has 0 saturated carbocycles. The van der Waals surface area contributed by atoms with Gasteiger partial charge in [0.15, 0.2) is 5.01 Å². The maximum Gasteiger partial charge on any atom is 0.251 e. The maximum absolute atomic E-state index is 13.3. The quantitative estimate of drug-likeness (QED) is 0.415. The number of amides is 1. The summed E-state index contributed by atoms with van der Waals surface area (Å²) < 4.78 is 24.0. The number of hydrogen-bond acceptors (Lipinski definition) is 5. The van der Waals surface area contributed by atoms with Crippen molar-refractivity contribution in [1.82, 2.24) is 4.98 Å². The highest BCUT2D eigenvalue weighted by molar-refractivity contribution is 7.13. The van der Waals surface area contributed by atoms with Crippen molar-refractivity contribution in [3.63, 3.8) is 0 Å². The SMILES string of the molecule is C#Cc1ncc(/C=C/C(=O)N(Cc2ccc(F)cc2)c2cc(OC)cc(OC)c2)s1. The van der Waals surface area contributed by atoms with Gasteiger partial charge in [-0.3, -0.25) is 4.79 Å². The first-order valence-corrected chi connectivity index (χ1v) is 9.73. The normalized spacial score (nSPS) is 10.6. The smallest absolute Gasteiger partial charge is 0.251 e. The van der Waals surface area contributed by atoms with E-state index in [1.165, 1.54) is 43.8 Å². The van der Waals surface area contributed by atoms with Crippen molar-refractivity contribution >= 4 is 29.0 Å². The van der Waals surface area contributed by atoms with Crippen LogP contribution in [-0.4, -0.2) is 25.1 Å². The Balaban J connectivity index is 1.95. The summed E-state index contributed by atoms with van der Waals surface area (Å²) >= 11 is 1.31. The number of thiazole rings is 1. The molecule has 30 heavy (non-hydrogen) atoms. The van der Waals surface area contributed by atoms with Crippen molar-refractivity contribution in [3.05, 3.63) is 76.0 Å². The van der Waals surface area contributed by atoms with Crippen LogP contribution in [-0.2, 0) is 11.3 Å². The lowest BCUT2D eigenvalue weighted by atomic mass is 10.1. The Labute approximate surface area is 178 Å². The molecule has 0 radical (unpaired) electrons. The average molecular weight is 422 g/mol. The van der Waals surface area contributed by atoms with Crippen LogP contribution < -0.4 is 14.4 Å². The van der Waals surface area contributed by atoms with Crippen LogP contribution in [0.2, 0.25) is 0 Å². The van der Waals surface area contributed by atoms with Gasteiger partial charge in [-0.1, -0.05) is 12.1 Å². The number of aromatic nitrogens is 1. The number of halogens is 1. The van der Waals surface area contributed by atoms with E-state index >= 15 is 0 Å². The molecule has 0 spiro atoms. The highest BCUT2D eigenvalue weighted by Gasteiger charge is 2.17. The molecule has 1 aromatic heterocycles. The molecule has 5 nitrogen and oxygen atoms in total. The lowest BCUT2D eigenvalue weighted by molar-refractivity contribution is -0.114. The summed E-state index contributed by atoms with van der Waals surface area (Å²) in [5.74, 6) is 2.95. The van der Waals surface area contributed by atoms with Crippen molar-refractivity contribution in [1.29, 1.82) is 0 Å². The van der Waals surface area contributed by atoms with Crippen LogP contribution in [0.4, 0.5) is 10.1 Å². The molecule has 1 amide bonds. The van der Waals surface area contributed by atoms with Gasteiger partial charge in [0.05, 0.1) is 26.5 Å². The van der Waals surface area contributed by atoms with E-state index in [2.05, 4.69) is 10.9 Å². The zero-order chi connectivity index (χ0) is 21.5. The third-order valence-corrected chi connectivity index (χ3v) is 5.10. The fraction of sp³-hybridized carbons (Fsp3) is 0.130. The van der Waals surface area contributed by atoms with Gasteiger partial charge in [-0.15, -0.1) is 17.8 Å². The van der Waals surface area contributed by atoms with E-state index in [1.807, 2.05) is 0 Å². The number of anilines is 1. The van der Waals surface area contributed by atoms with Crippen molar-refractivity contribution < 1.29 is 18.7 Å². The van der Waals surface area contributed by atoms with Crippen LogP contribution in [0.3, 0.4) is 0 Å². The van der Waals surface area contributed by atoms with Gasteiger partial charge in [0, 0.05) is 35.3 Å². The number of benzene rings is 2. The molecule has 0 fully saturated rings. The van der Waals surface area contributed by atoms with Gasteiger partial charge in [-0.2, -0.15) is 0 Å². The molecule has 152 valence electrons. The Bertz CT molecular complexity index is 1080. The minimum Gasteiger partial charge on any atom is -0.497 e. The average Bonchev–Trinajstić information content (AvgIpc) is 3.24. The van der Waals surface area contributed by atoms with Crippen LogP contribution >= 0.6 is 11.3 Å². The summed E-state index contributed by atoms with van der Waals surface area (Å²) in [5, 5.41) is 0.544. The fourth-order valence-corrected chi connectivity index (χ4v) is 3.32. The van der Waals surface area contributed by atoms with Crippen molar-refractivity contribution in [2.75, 3.05) is 19.1 Å². The maximum atomic E-state index is 13.3. The summed E-state index contributed by atoms with van der Waals surface area (Å²) in [6.45, 7) is 0.234. The van der Waals surface area contributed by atoms with Gasteiger partial charge in [-0.25, -0.2) is 9.37 Å². The fourth-order valence-electron chi connectivity index (χ4n) is 2.69. The largest absolute Gasteiger partial charge is 0.497 e. The molecule has 0 aliphatic rings. The molecule has 0 N–H and O–H groups in total. The number of terminal acetylenes is 1. The van der Waals surface area contributed by atoms with Crippen LogP contribution in [0.5, 0.6) is 11.5 Å². The molecule has 7 heteroatoms. The van der Waals surface area contributed by atoms with Gasteiger partial charge >= 0.3 is 0 Å². The number of carbonyl (C=O) groups is 1. The minimum atomic E-state index is -0.339. The van der Waals surface area contributed by atoms with Gasteiger partial charge < -0.3 is 14.4 Å². The van der Waals surface area contributed by atoms with Gasteiger partial charge in [0.1, 0.15) is 17.3 Å². The zero-order valence-corrected chi connectivity index (χ0v) is 17.3. The van der Waals surface area contributed by atoms with Crippen LogP contribution in [0.15, 0.2) is 54.7 Å². The predicted molar refractivity (Wildman–Crippen MR) is 116 cm³/mol. The first-order chi connectivity index (χ1) is 14.5. The molecule has 0 saturated heterocycles. The number of carbonyl (C=O) groups excluding carboxylic acids is 1. The zero-order valence-electron chi connectivity index (χ0n) is 16.5. The Kier molecular flexibility index (Phi) is 6.83. The molecular weight excluding hydrogens is 403 g/mol. The number of rotatable bonds is 7. The number of nitrogens with zero attached hydrogens (tertiary/aromatic N) is 2. The van der Waals surface area contributed by atoms with E-state index in [0.29, 0.717) is 22.2 Å². The molecule has 2 aromatic carbocycles. The Hall–Kier alpha value is -3.63. The van der Waals surface area contributed by atoms with Gasteiger partial charge in [0.2, 0.25) is 0 Å². The second-order valence-electron chi connectivity index (χ2n) is 6.17. The molecule has 0 aliphatic heterocycles. The summed E-state index contributed by atoms with van der Waals surface area (Å²) in [6.07, 6.45) is 10.1. The molecule has 0 atom stereocenters. The molecule has 3 rings (SSSR count). The van der Waals surface area contributed by atoms with E-state index in [4.69, 9.17) is 15.9 Å². The first-order valence-electron chi connectivity index (χ1n) is 8.92. The third kappa shape index (κ3) is 5.25. The van der Waals surface area contributed by atoms with E-state index in [9.17, 15) is 9.18 Å². The first kappa shape index (κ1) is 21.1. The number of methoxy groups -OCH3 is 2. The molecular formula is C23H19FN2O3S. The summed E-state index contributed by atoms with van der Waals surface area (Å²) in [7, 11) is 3.08. The van der Waals surface area contributed by atoms with Crippen LogP contribution in [0.1, 0.15) is 15.4 Å². The summed E-state index contributed by atoms with van der Waals surface area (Å²) in [6, 6.07) is 11.2. The van der Waals surface area contributed by atoms with Gasteiger partial charge in [0.25, 0.3) is 5.91 Å². The highest BCUT2D eigenvalue weighted by Crippen LogP contribution is 2.30. The third-order valence-electron chi connectivity index (χ3n) is 4.21. The van der Waals surface area contributed by atoms with Crippen molar-refractivity contribution in [2.24, 2.45) is 0 Å². The van der Waals surface area contributed by atoms with E-state index in [-0.39, 0.29) is 18.3 Å². The summed E-state index contributed by atoms with van der Waals surface area (Å²) in [5.41, 5.74) is 1.35. The molecule has 1 heterocycles. The van der Waals surface area contributed by atoms with Gasteiger partial charge in [-0.05, 0) is 29.7 Å². The Morgan fingerprint density at radius 1 is 1.20 bits per heavy atom. The van der Waals surface area contributed by atoms with E-state index < -0.39 is 0 Å². The van der Waals surface area contributed by atoms with E-state index in [1.54, 1.807) is 47.5 Å². The predicted octanol–water partition coefficient (Wildman–Crippen LogP) is 4.53. The highest BCUT2D eigenvalue weighted by atomic mass is 32.1. The topological polar surface area (TPSA) is 51.7 Å². The Morgan fingerprint density at radius 3 is 2.43 bits per heavy atom. The Morgan fingerprint density at radius 2 is 1.87 bits per heavy atom. The number of hydrogen-bond donors (Lipinski definition) is 0.